The van der Waals surface area contributed by atoms with Gasteiger partial charge in [-0.15, -0.1) is 0 Å². The van der Waals surface area contributed by atoms with Gasteiger partial charge in [0.1, 0.15) is 10.6 Å². The van der Waals surface area contributed by atoms with Crippen LogP contribution in [0.25, 0.3) is 0 Å². The number of hydrogen-bond acceptors (Lipinski definition) is 5. The minimum absolute atomic E-state index is 0.0979. The number of rotatable bonds is 10. The van der Waals surface area contributed by atoms with Crippen LogP contribution in [-0.2, 0) is 10.0 Å². The number of carbonyl (C=O) groups excluding carboxylic acids is 1. The molecule has 0 aliphatic carbocycles. The number of carbonyl (C=O) groups is 1. The number of hydrogen-bond donors (Lipinski definition) is 2. The van der Waals surface area contributed by atoms with Crippen LogP contribution in [0.3, 0.4) is 0 Å². The first-order chi connectivity index (χ1) is 13.8. The van der Waals surface area contributed by atoms with Gasteiger partial charge in [0.15, 0.2) is 0 Å². The number of sulfonamides is 1. The molecule has 7 nitrogen and oxygen atoms in total. The third-order valence-electron chi connectivity index (χ3n) is 4.42. The van der Waals surface area contributed by atoms with Crippen molar-refractivity contribution in [3.05, 3.63) is 52.5 Å². The van der Waals surface area contributed by atoms with Gasteiger partial charge in [0.2, 0.25) is 0 Å². The summed E-state index contributed by atoms with van der Waals surface area (Å²) in [5.41, 5.74) is 0.658. The fourth-order valence-corrected chi connectivity index (χ4v) is 4.24. The molecule has 0 radical (unpaired) electrons. The van der Waals surface area contributed by atoms with Gasteiger partial charge in [-0.05, 0) is 55.6 Å². The Hall–Kier alpha value is -2.10. The minimum atomic E-state index is -3.95. The average molecular weight is 484 g/mol. The largest absolute Gasteiger partial charge is 0.495 e. The standard InChI is InChI=1S/C20H26BrN3O4S/c1-4-24(5-2)13-12-22-20(25)15-6-11-18(28-3)19(14-15)29(26,27)23-17-9-7-16(21)8-10-17/h6-11,14,23H,4-5,12-13H2,1-3H3,(H,22,25). The van der Waals surface area contributed by atoms with Crippen LogP contribution in [0.15, 0.2) is 51.8 Å². The molecule has 0 atom stereocenters. The summed E-state index contributed by atoms with van der Waals surface area (Å²) < 4.78 is 34.3. The molecular weight excluding hydrogens is 458 g/mol. The lowest BCUT2D eigenvalue weighted by atomic mass is 10.2. The zero-order chi connectivity index (χ0) is 21.4. The van der Waals surface area contributed by atoms with Crippen molar-refractivity contribution in [3.63, 3.8) is 0 Å². The summed E-state index contributed by atoms with van der Waals surface area (Å²) in [5, 5.41) is 2.83. The molecule has 0 spiro atoms. The van der Waals surface area contributed by atoms with Crippen molar-refractivity contribution >= 4 is 37.5 Å². The summed E-state index contributed by atoms with van der Waals surface area (Å²) in [5.74, 6) is -0.172. The first-order valence-corrected chi connectivity index (χ1v) is 11.5. The van der Waals surface area contributed by atoms with Crippen molar-refractivity contribution in [2.45, 2.75) is 18.7 Å². The summed E-state index contributed by atoms with van der Waals surface area (Å²) >= 11 is 3.31. The Morgan fingerprint density at radius 1 is 1.10 bits per heavy atom. The lowest BCUT2D eigenvalue weighted by molar-refractivity contribution is 0.0948. The number of benzene rings is 2. The molecule has 2 aromatic rings. The van der Waals surface area contributed by atoms with E-state index >= 15 is 0 Å². The zero-order valence-corrected chi connectivity index (χ0v) is 19.1. The van der Waals surface area contributed by atoms with E-state index < -0.39 is 10.0 Å². The van der Waals surface area contributed by atoms with E-state index in [0.717, 1.165) is 24.1 Å². The molecule has 158 valence electrons. The van der Waals surface area contributed by atoms with Crippen molar-refractivity contribution in [2.24, 2.45) is 0 Å². The zero-order valence-electron chi connectivity index (χ0n) is 16.7. The summed E-state index contributed by atoms with van der Waals surface area (Å²) in [6.45, 7) is 7.13. The molecular formula is C20H26BrN3O4S. The molecule has 2 rings (SSSR count). The smallest absolute Gasteiger partial charge is 0.265 e. The fraction of sp³-hybridized carbons (Fsp3) is 0.350. The minimum Gasteiger partial charge on any atom is -0.495 e. The first-order valence-electron chi connectivity index (χ1n) is 9.27. The second-order valence-electron chi connectivity index (χ2n) is 6.26. The molecule has 1 amide bonds. The van der Waals surface area contributed by atoms with Gasteiger partial charge in [-0.3, -0.25) is 9.52 Å². The van der Waals surface area contributed by atoms with E-state index in [-0.39, 0.29) is 22.1 Å². The molecule has 0 saturated heterocycles. The third-order valence-corrected chi connectivity index (χ3v) is 6.35. The molecule has 0 aromatic heterocycles. The molecule has 0 fully saturated rings. The number of ether oxygens (including phenoxy) is 1. The van der Waals surface area contributed by atoms with E-state index in [1.165, 1.54) is 19.2 Å². The Balaban J connectivity index is 2.20. The summed E-state index contributed by atoms with van der Waals surface area (Å²) in [6.07, 6.45) is 0. The second-order valence-corrected chi connectivity index (χ2v) is 8.83. The van der Waals surface area contributed by atoms with E-state index in [4.69, 9.17) is 4.74 Å². The first kappa shape index (κ1) is 23.2. The number of nitrogens with one attached hydrogen (secondary N) is 2. The lowest BCUT2D eigenvalue weighted by Gasteiger charge is -2.18. The maximum Gasteiger partial charge on any atom is 0.265 e. The molecule has 0 saturated carbocycles. The highest BCUT2D eigenvalue weighted by Gasteiger charge is 2.22. The van der Waals surface area contributed by atoms with E-state index in [1.807, 2.05) is 0 Å². The van der Waals surface area contributed by atoms with Crippen LogP contribution in [0.1, 0.15) is 24.2 Å². The Kier molecular flexibility index (Phi) is 8.48. The number of methoxy groups -OCH3 is 1. The number of anilines is 1. The molecule has 0 heterocycles. The third kappa shape index (κ3) is 6.45. The molecule has 0 aliphatic heterocycles. The van der Waals surface area contributed by atoms with Gasteiger partial charge in [0.25, 0.3) is 15.9 Å². The SMILES string of the molecule is CCN(CC)CCNC(=O)c1ccc(OC)c(S(=O)(=O)Nc2ccc(Br)cc2)c1. The van der Waals surface area contributed by atoms with Gasteiger partial charge in [0.05, 0.1) is 7.11 Å². The Bertz CT molecular complexity index is 929. The van der Waals surface area contributed by atoms with Crippen LogP contribution in [0.5, 0.6) is 5.75 Å². The summed E-state index contributed by atoms with van der Waals surface area (Å²) in [7, 11) is -2.56. The summed E-state index contributed by atoms with van der Waals surface area (Å²) in [6, 6.07) is 11.1. The van der Waals surface area contributed by atoms with E-state index in [9.17, 15) is 13.2 Å². The van der Waals surface area contributed by atoms with Crippen LogP contribution in [0.4, 0.5) is 5.69 Å². The predicted molar refractivity (Wildman–Crippen MR) is 118 cm³/mol. The highest BCUT2D eigenvalue weighted by Crippen LogP contribution is 2.27. The van der Waals surface area contributed by atoms with Crippen molar-refractivity contribution in [2.75, 3.05) is 38.0 Å². The van der Waals surface area contributed by atoms with Gasteiger partial charge >= 0.3 is 0 Å². The fourth-order valence-electron chi connectivity index (χ4n) is 2.73. The highest BCUT2D eigenvalue weighted by molar-refractivity contribution is 9.10. The van der Waals surface area contributed by atoms with Gasteiger partial charge in [-0.25, -0.2) is 8.42 Å². The van der Waals surface area contributed by atoms with E-state index in [1.54, 1.807) is 30.3 Å². The van der Waals surface area contributed by atoms with Crippen LogP contribution >= 0.6 is 15.9 Å². The predicted octanol–water partition coefficient (Wildman–Crippen LogP) is 3.33. The monoisotopic (exact) mass is 483 g/mol. The van der Waals surface area contributed by atoms with Gasteiger partial charge < -0.3 is 15.0 Å². The Labute approximate surface area is 180 Å². The van der Waals surface area contributed by atoms with Gasteiger partial charge in [0, 0.05) is 28.8 Å². The molecule has 9 heteroatoms. The number of halogens is 1. The van der Waals surface area contributed by atoms with Crippen molar-refractivity contribution in [1.82, 2.24) is 10.2 Å². The molecule has 0 aliphatic rings. The highest BCUT2D eigenvalue weighted by atomic mass is 79.9. The molecule has 0 unspecified atom stereocenters. The second kappa shape index (κ2) is 10.6. The maximum absolute atomic E-state index is 12.9. The van der Waals surface area contributed by atoms with Gasteiger partial charge in [-0.1, -0.05) is 29.8 Å². The van der Waals surface area contributed by atoms with Gasteiger partial charge in [-0.2, -0.15) is 0 Å². The van der Waals surface area contributed by atoms with Crippen LogP contribution in [-0.4, -0.2) is 52.5 Å². The van der Waals surface area contributed by atoms with Crippen molar-refractivity contribution in [1.29, 1.82) is 0 Å². The molecule has 2 aromatic carbocycles. The quantitative estimate of drug-likeness (QED) is 0.540. The van der Waals surface area contributed by atoms with Crippen LogP contribution in [0.2, 0.25) is 0 Å². The van der Waals surface area contributed by atoms with Crippen LogP contribution in [0, 0.1) is 0 Å². The molecule has 0 bridgehead atoms. The average Bonchev–Trinajstić information content (AvgIpc) is 2.72. The maximum atomic E-state index is 12.9. The molecule has 29 heavy (non-hydrogen) atoms. The molecule has 2 N–H and O–H groups in total. The Morgan fingerprint density at radius 2 is 1.76 bits per heavy atom. The van der Waals surface area contributed by atoms with Crippen molar-refractivity contribution < 1.29 is 17.9 Å². The number of amides is 1. The summed E-state index contributed by atoms with van der Waals surface area (Å²) in [4.78, 5) is 14.6. The lowest BCUT2D eigenvalue weighted by Crippen LogP contribution is -2.34. The van der Waals surface area contributed by atoms with E-state index in [2.05, 4.69) is 44.7 Å². The van der Waals surface area contributed by atoms with Crippen LogP contribution < -0.4 is 14.8 Å². The number of nitrogens with zero attached hydrogens (tertiary/aromatic N) is 1. The topological polar surface area (TPSA) is 87.7 Å². The normalized spacial score (nSPS) is 11.3. The van der Waals surface area contributed by atoms with Crippen molar-refractivity contribution in [3.8, 4) is 5.75 Å². The number of likely N-dealkylation sites (N-methyl/N-ethyl adjacent to an activating group) is 1. The van der Waals surface area contributed by atoms with E-state index in [0.29, 0.717) is 12.2 Å². The Morgan fingerprint density at radius 3 is 2.34 bits per heavy atom.